The first-order chi connectivity index (χ1) is 13.1. The molecule has 3 aromatic rings. The summed E-state index contributed by atoms with van der Waals surface area (Å²) >= 11 is 1.25. The molecule has 0 atom stereocenters. The largest absolute Gasteiger partial charge is 0.432 e. The average molecular weight is 420 g/mol. The lowest BCUT2D eigenvalue weighted by atomic mass is 10.1. The zero-order valence-electron chi connectivity index (χ0n) is 14.1. The maximum Gasteiger partial charge on any atom is 0.432 e. The molecule has 0 unspecified atom stereocenters. The van der Waals surface area contributed by atoms with E-state index in [1.54, 1.807) is 12.1 Å². The summed E-state index contributed by atoms with van der Waals surface area (Å²) < 4.78 is 100. The van der Waals surface area contributed by atoms with Gasteiger partial charge in [-0.3, -0.25) is 0 Å². The molecule has 0 spiro atoms. The number of ether oxygens (including phenoxy) is 1. The molecule has 9 heteroatoms. The van der Waals surface area contributed by atoms with E-state index in [1.807, 2.05) is 6.92 Å². The molecular formula is C19H11F7OS. The van der Waals surface area contributed by atoms with Crippen molar-refractivity contribution in [2.24, 2.45) is 0 Å². The molecule has 28 heavy (non-hydrogen) atoms. The van der Waals surface area contributed by atoms with Crippen molar-refractivity contribution in [2.45, 2.75) is 19.5 Å². The molecule has 0 radical (unpaired) electrons. The highest BCUT2D eigenvalue weighted by Gasteiger charge is 2.41. The zero-order chi connectivity index (χ0) is 20.6. The third-order valence-corrected chi connectivity index (χ3v) is 5.11. The van der Waals surface area contributed by atoms with Gasteiger partial charge in [-0.05, 0) is 36.2 Å². The van der Waals surface area contributed by atoms with Crippen LogP contribution in [0, 0.1) is 29.1 Å². The van der Waals surface area contributed by atoms with Gasteiger partial charge < -0.3 is 4.74 Å². The van der Waals surface area contributed by atoms with E-state index in [1.165, 1.54) is 11.3 Å². The van der Waals surface area contributed by atoms with Gasteiger partial charge >= 0.3 is 6.11 Å². The summed E-state index contributed by atoms with van der Waals surface area (Å²) in [5.74, 6) is -9.79. The second-order valence-corrected chi connectivity index (χ2v) is 6.92. The highest BCUT2D eigenvalue weighted by atomic mass is 32.1. The van der Waals surface area contributed by atoms with Crippen LogP contribution in [0.25, 0.3) is 10.4 Å². The Kier molecular flexibility index (Phi) is 5.38. The topological polar surface area (TPSA) is 9.23 Å². The lowest BCUT2D eigenvalue weighted by Crippen LogP contribution is -2.25. The number of hydrogen-bond donors (Lipinski definition) is 0. The fourth-order valence-electron chi connectivity index (χ4n) is 2.51. The highest BCUT2D eigenvalue weighted by molar-refractivity contribution is 7.15. The second-order valence-electron chi connectivity index (χ2n) is 5.75. The van der Waals surface area contributed by atoms with E-state index in [9.17, 15) is 30.7 Å². The highest BCUT2D eigenvalue weighted by Crippen LogP contribution is 2.38. The predicted octanol–water partition coefficient (Wildman–Crippen LogP) is 6.80. The first kappa shape index (κ1) is 20.2. The Balaban J connectivity index is 1.97. The van der Waals surface area contributed by atoms with Gasteiger partial charge in [-0.2, -0.15) is 8.78 Å². The molecule has 1 heterocycles. The van der Waals surface area contributed by atoms with Gasteiger partial charge in [0, 0.05) is 21.9 Å². The van der Waals surface area contributed by atoms with Crippen molar-refractivity contribution in [3.05, 3.63) is 75.9 Å². The monoisotopic (exact) mass is 420 g/mol. The second kappa shape index (κ2) is 7.46. The van der Waals surface area contributed by atoms with Crippen molar-refractivity contribution < 1.29 is 35.5 Å². The van der Waals surface area contributed by atoms with Crippen molar-refractivity contribution in [2.75, 3.05) is 0 Å². The van der Waals surface area contributed by atoms with Crippen molar-refractivity contribution in [1.82, 2.24) is 0 Å². The van der Waals surface area contributed by atoms with Crippen LogP contribution >= 0.6 is 11.3 Å². The summed E-state index contributed by atoms with van der Waals surface area (Å²) in [6.45, 7) is 1.89. The summed E-state index contributed by atoms with van der Waals surface area (Å²) in [5, 5.41) is 0. The van der Waals surface area contributed by atoms with Gasteiger partial charge in [0.2, 0.25) is 0 Å². The van der Waals surface area contributed by atoms with Gasteiger partial charge in [0.15, 0.2) is 17.5 Å². The fourth-order valence-corrected chi connectivity index (χ4v) is 3.44. The lowest BCUT2D eigenvalue weighted by molar-refractivity contribution is -0.189. The van der Waals surface area contributed by atoms with Crippen LogP contribution in [-0.2, 0) is 12.5 Å². The Morgan fingerprint density at radius 2 is 1.43 bits per heavy atom. The minimum Gasteiger partial charge on any atom is -0.429 e. The number of aryl methyl sites for hydroxylation is 1. The van der Waals surface area contributed by atoms with Crippen LogP contribution in [-0.4, -0.2) is 0 Å². The summed E-state index contributed by atoms with van der Waals surface area (Å²) in [7, 11) is 0. The van der Waals surface area contributed by atoms with Gasteiger partial charge in [-0.25, -0.2) is 22.0 Å². The molecule has 0 amide bonds. The van der Waals surface area contributed by atoms with Crippen LogP contribution in [0.3, 0.4) is 0 Å². The normalized spacial score (nSPS) is 11.7. The number of hydrogen-bond acceptors (Lipinski definition) is 2. The standard InChI is InChI=1S/C19H11F7OS/c1-2-11-3-4-16(28-11)9-5-12(20)17(13(21)6-9)19(25,26)27-10-7-14(22)18(24)15(23)8-10/h3-8H,2H2,1H3. The van der Waals surface area contributed by atoms with E-state index in [4.69, 9.17) is 0 Å². The Labute approximate surface area is 159 Å². The fraction of sp³-hybridized carbons (Fsp3) is 0.158. The van der Waals surface area contributed by atoms with Crippen LogP contribution in [0.4, 0.5) is 30.7 Å². The third kappa shape index (κ3) is 3.84. The van der Waals surface area contributed by atoms with Crippen LogP contribution in [0.15, 0.2) is 36.4 Å². The van der Waals surface area contributed by atoms with Gasteiger partial charge in [0.05, 0.1) is 0 Å². The summed E-state index contributed by atoms with van der Waals surface area (Å²) in [4.78, 5) is 1.42. The van der Waals surface area contributed by atoms with Crippen LogP contribution in [0.5, 0.6) is 5.75 Å². The molecule has 0 saturated carbocycles. The average Bonchev–Trinajstić information content (AvgIpc) is 3.07. The molecule has 0 aliphatic carbocycles. The quantitative estimate of drug-likeness (QED) is 0.326. The van der Waals surface area contributed by atoms with Gasteiger partial charge in [-0.1, -0.05) is 6.92 Å². The van der Waals surface area contributed by atoms with E-state index in [-0.39, 0.29) is 17.7 Å². The molecule has 148 valence electrons. The number of rotatable bonds is 5. The van der Waals surface area contributed by atoms with Crippen molar-refractivity contribution >= 4 is 11.3 Å². The summed E-state index contributed by atoms with van der Waals surface area (Å²) in [5.41, 5.74) is -1.67. The van der Waals surface area contributed by atoms with Crippen molar-refractivity contribution in [1.29, 1.82) is 0 Å². The number of halogens is 7. The summed E-state index contributed by atoms with van der Waals surface area (Å²) in [6, 6.07) is 5.08. The van der Waals surface area contributed by atoms with Gasteiger partial charge in [0.1, 0.15) is 22.9 Å². The van der Waals surface area contributed by atoms with Crippen molar-refractivity contribution in [3.63, 3.8) is 0 Å². The first-order valence-corrected chi connectivity index (χ1v) is 8.74. The molecule has 1 nitrogen and oxygen atoms in total. The molecule has 0 aliphatic heterocycles. The molecule has 0 aliphatic rings. The van der Waals surface area contributed by atoms with Gasteiger partial charge in [0.25, 0.3) is 0 Å². The molecule has 0 fully saturated rings. The van der Waals surface area contributed by atoms with E-state index < -0.39 is 46.5 Å². The number of benzene rings is 2. The molecule has 2 aromatic carbocycles. The molecule has 0 saturated heterocycles. The van der Waals surface area contributed by atoms with Crippen LogP contribution in [0.2, 0.25) is 0 Å². The molecular weight excluding hydrogens is 409 g/mol. The minimum absolute atomic E-state index is 0.0538. The third-order valence-electron chi connectivity index (χ3n) is 3.83. The lowest BCUT2D eigenvalue weighted by Gasteiger charge is -2.20. The molecule has 0 N–H and O–H groups in total. The predicted molar refractivity (Wildman–Crippen MR) is 89.9 cm³/mol. The number of alkyl halides is 2. The van der Waals surface area contributed by atoms with Crippen LogP contribution < -0.4 is 4.74 Å². The number of thiophene rings is 1. The smallest absolute Gasteiger partial charge is 0.429 e. The summed E-state index contributed by atoms with van der Waals surface area (Å²) in [6.07, 6.45) is -3.90. The van der Waals surface area contributed by atoms with Crippen LogP contribution in [0.1, 0.15) is 17.4 Å². The Bertz CT molecular complexity index is 983. The zero-order valence-corrected chi connectivity index (χ0v) is 14.9. The Morgan fingerprint density at radius 3 is 1.93 bits per heavy atom. The van der Waals surface area contributed by atoms with E-state index in [2.05, 4.69) is 4.74 Å². The maximum atomic E-state index is 14.3. The van der Waals surface area contributed by atoms with E-state index in [0.29, 0.717) is 23.4 Å². The molecule has 3 rings (SSSR count). The van der Waals surface area contributed by atoms with E-state index in [0.717, 1.165) is 4.88 Å². The SMILES string of the molecule is CCc1ccc(-c2cc(F)c(C(F)(F)Oc3cc(F)c(F)c(F)c3)c(F)c2)s1. The Morgan fingerprint density at radius 1 is 0.857 bits per heavy atom. The molecule has 0 bridgehead atoms. The van der Waals surface area contributed by atoms with Gasteiger partial charge in [-0.15, -0.1) is 11.3 Å². The van der Waals surface area contributed by atoms with E-state index >= 15 is 0 Å². The minimum atomic E-state index is -4.60. The van der Waals surface area contributed by atoms with Crippen molar-refractivity contribution in [3.8, 4) is 16.2 Å². The first-order valence-electron chi connectivity index (χ1n) is 7.92. The maximum absolute atomic E-state index is 14.3. The Hall–Kier alpha value is -2.55. The molecule has 1 aromatic heterocycles.